The summed E-state index contributed by atoms with van der Waals surface area (Å²) in [7, 11) is 2.11. The number of furan rings is 1. The molecule has 3 nitrogen and oxygen atoms in total. The Balaban J connectivity index is 1.73. The summed E-state index contributed by atoms with van der Waals surface area (Å²) in [6.07, 6.45) is 1.14. The van der Waals surface area contributed by atoms with Gasteiger partial charge in [0, 0.05) is 12.6 Å². The van der Waals surface area contributed by atoms with Crippen LogP contribution in [0.15, 0.2) is 16.5 Å². The van der Waals surface area contributed by atoms with Crippen molar-refractivity contribution in [1.29, 1.82) is 0 Å². The smallest absolute Gasteiger partial charge is 0.284 e. The van der Waals surface area contributed by atoms with E-state index in [1.807, 2.05) is 6.07 Å². The molecule has 1 aliphatic rings. The number of alkyl halides is 2. The largest absolute Gasteiger partial charge is 0.464 e. The molecule has 6 heteroatoms. The molecular weight excluding hydrogens is 258 g/mol. The van der Waals surface area contributed by atoms with Crippen molar-refractivity contribution in [2.75, 3.05) is 20.1 Å². The van der Waals surface area contributed by atoms with Gasteiger partial charge in [0.1, 0.15) is 11.5 Å². The lowest BCUT2D eigenvalue weighted by Crippen LogP contribution is -2.30. The predicted octanol–water partition coefficient (Wildman–Crippen LogP) is 2.53. The average molecular weight is 276 g/mol. The van der Waals surface area contributed by atoms with Gasteiger partial charge in [-0.15, -0.1) is 0 Å². The molecule has 102 valence electrons. The maximum absolute atomic E-state index is 12.0. The topological polar surface area (TPSA) is 28.4 Å². The molecule has 18 heavy (non-hydrogen) atoms. The summed E-state index contributed by atoms with van der Waals surface area (Å²) in [6, 6.07) is 4.12. The van der Waals surface area contributed by atoms with Crippen molar-refractivity contribution in [3.05, 3.63) is 23.7 Å². The number of hydrogen-bond donors (Lipinski definition) is 1. The van der Waals surface area contributed by atoms with Crippen LogP contribution in [0.2, 0.25) is 0 Å². The van der Waals surface area contributed by atoms with Gasteiger partial charge in [-0.2, -0.15) is 8.78 Å². The van der Waals surface area contributed by atoms with E-state index in [-0.39, 0.29) is 5.75 Å². The molecule has 0 spiro atoms. The normalized spacial score (nSPS) is 21.0. The van der Waals surface area contributed by atoms with Crippen molar-refractivity contribution in [3.63, 3.8) is 0 Å². The Kier molecular flexibility index (Phi) is 5.03. The van der Waals surface area contributed by atoms with Gasteiger partial charge in [-0.1, -0.05) is 11.8 Å². The number of thioether (sulfide) groups is 1. The first kappa shape index (κ1) is 13.8. The van der Waals surface area contributed by atoms with Crippen molar-refractivity contribution in [2.45, 2.75) is 30.5 Å². The molecule has 1 fully saturated rings. The van der Waals surface area contributed by atoms with E-state index in [1.54, 1.807) is 6.07 Å². The molecule has 1 aliphatic heterocycles. The molecule has 2 heterocycles. The van der Waals surface area contributed by atoms with E-state index >= 15 is 0 Å². The fraction of sp³-hybridized carbons (Fsp3) is 0.667. The highest BCUT2D eigenvalue weighted by Gasteiger charge is 2.18. The van der Waals surface area contributed by atoms with E-state index in [1.165, 1.54) is 0 Å². The number of halogens is 2. The van der Waals surface area contributed by atoms with Crippen molar-refractivity contribution in [1.82, 2.24) is 10.2 Å². The van der Waals surface area contributed by atoms with Gasteiger partial charge in [-0.05, 0) is 32.1 Å². The second-order valence-corrected chi connectivity index (χ2v) is 5.55. The summed E-state index contributed by atoms with van der Waals surface area (Å²) < 4.78 is 29.5. The van der Waals surface area contributed by atoms with Crippen molar-refractivity contribution in [3.8, 4) is 0 Å². The van der Waals surface area contributed by atoms with E-state index in [0.717, 1.165) is 25.3 Å². The maximum Gasteiger partial charge on any atom is 0.284 e. The van der Waals surface area contributed by atoms with Crippen LogP contribution in [-0.4, -0.2) is 36.8 Å². The molecule has 0 saturated carbocycles. The third kappa shape index (κ3) is 4.26. The van der Waals surface area contributed by atoms with Crippen LogP contribution in [0.25, 0.3) is 0 Å². The molecule has 1 aromatic rings. The summed E-state index contributed by atoms with van der Waals surface area (Å²) in [5.74, 6) is -0.690. The van der Waals surface area contributed by atoms with Crippen molar-refractivity contribution in [2.24, 2.45) is 0 Å². The predicted molar refractivity (Wildman–Crippen MR) is 68.7 cm³/mol. The van der Waals surface area contributed by atoms with E-state index in [0.29, 0.717) is 30.1 Å². The van der Waals surface area contributed by atoms with Crippen LogP contribution in [0.4, 0.5) is 8.78 Å². The summed E-state index contributed by atoms with van der Waals surface area (Å²) in [5, 5.41) is 3.42. The van der Waals surface area contributed by atoms with Crippen LogP contribution in [0.5, 0.6) is 0 Å². The molecule has 2 rings (SSSR count). The van der Waals surface area contributed by atoms with Crippen LogP contribution in [-0.2, 0) is 12.3 Å². The number of rotatable bonds is 6. The van der Waals surface area contributed by atoms with Crippen molar-refractivity contribution >= 4 is 11.8 Å². The fourth-order valence-electron chi connectivity index (χ4n) is 2.09. The zero-order valence-electron chi connectivity index (χ0n) is 10.4. The average Bonchev–Trinajstić information content (AvgIpc) is 2.93. The summed E-state index contributed by atoms with van der Waals surface area (Å²) in [4.78, 5) is 2.28. The summed E-state index contributed by atoms with van der Waals surface area (Å²) >= 11 is 0.587. The maximum atomic E-state index is 12.0. The van der Waals surface area contributed by atoms with Gasteiger partial charge in [-0.3, -0.25) is 0 Å². The highest BCUT2D eigenvalue weighted by Crippen LogP contribution is 2.21. The Bertz CT molecular complexity index is 373. The zero-order valence-corrected chi connectivity index (χ0v) is 11.2. The zero-order chi connectivity index (χ0) is 13.0. The first-order valence-electron chi connectivity index (χ1n) is 6.03. The lowest BCUT2D eigenvalue weighted by atomic mass is 10.2. The molecule has 1 atom stereocenters. The number of likely N-dealkylation sites (tertiary alicyclic amines) is 1. The van der Waals surface area contributed by atoms with E-state index in [2.05, 4.69) is 17.3 Å². The highest BCUT2D eigenvalue weighted by molar-refractivity contribution is 7.98. The van der Waals surface area contributed by atoms with Gasteiger partial charge >= 0.3 is 0 Å². The van der Waals surface area contributed by atoms with E-state index < -0.39 is 5.76 Å². The second kappa shape index (κ2) is 6.54. The first-order chi connectivity index (χ1) is 8.63. The highest BCUT2D eigenvalue weighted by atomic mass is 32.2. The van der Waals surface area contributed by atoms with E-state index in [4.69, 9.17) is 4.42 Å². The minimum Gasteiger partial charge on any atom is -0.464 e. The lowest BCUT2D eigenvalue weighted by Gasteiger charge is -2.11. The van der Waals surface area contributed by atoms with Crippen LogP contribution in [0.1, 0.15) is 17.9 Å². The van der Waals surface area contributed by atoms with Crippen LogP contribution < -0.4 is 5.32 Å². The van der Waals surface area contributed by atoms with Crippen molar-refractivity contribution < 1.29 is 13.2 Å². The lowest BCUT2D eigenvalue weighted by molar-refractivity contribution is 0.251. The summed E-state index contributed by atoms with van der Waals surface area (Å²) in [5.41, 5.74) is 0. The molecule has 0 bridgehead atoms. The second-order valence-electron chi connectivity index (χ2n) is 4.57. The Morgan fingerprint density at radius 1 is 1.50 bits per heavy atom. The molecule has 1 aromatic heterocycles. The van der Waals surface area contributed by atoms with Gasteiger partial charge in [0.2, 0.25) is 0 Å². The molecule has 1 N–H and O–H groups in total. The Morgan fingerprint density at radius 3 is 2.94 bits per heavy atom. The van der Waals surface area contributed by atoms with Crippen LogP contribution >= 0.6 is 11.8 Å². The molecule has 0 radical (unpaired) electrons. The number of hydrogen-bond acceptors (Lipinski definition) is 4. The summed E-state index contributed by atoms with van der Waals surface area (Å²) in [6.45, 7) is 2.83. The molecule has 1 saturated heterocycles. The van der Waals surface area contributed by atoms with Gasteiger partial charge in [0.05, 0.1) is 12.3 Å². The monoisotopic (exact) mass is 276 g/mol. The van der Waals surface area contributed by atoms with Gasteiger partial charge in [0.25, 0.3) is 5.76 Å². The molecule has 0 amide bonds. The minimum atomic E-state index is -2.34. The third-order valence-electron chi connectivity index (χ3n) is 3.03. The SMILES string of the molecule is CN1CCC(NCc2ccc(CSC(F)F)o2)C1. The minimum absolute atomic E-state index is 0.226. The van der Waals surface area contributed by atoms with Crippen LogP contribution in [0.3, 0.4) is 0 Å². The Labute approximate surface area is 110 Å². The molecule has 1 unspecified atom stereocenters. The fourth-order valence-corrected chi connectivity index (χ4v) is 2.53. The van der Waals surface area contributed by atoms with E-state index in [9.17, 15) is 8.78 Å². The Morgan fingerprint density at radius 2 is 2.28 bits per heavy atom. The standard InChI is InChI=1S/C12H18F2N2OS/c1-16-5-4-9(7-16)15-6-10-2-3-11(17-10)8-18-12(13)14/h2-3,9,12,15H,4-8H2,1H3. The van der Waals surface area contributed by atoms with Crippen LogP contribution in [0, 0.1) is 0 Å². The number of nitrogens with one attached hydrogen (secondary N) is 1. The van der Waals surface area contributed by atoms with Gasteiger partial charge in [-0.25, -0.2) is 0 Å². The number of nitrogens with zero attached hydrogens (tertiary/aromatic N) is 1. The molecule has 0 aromatic carbocycles. The van der Waals surface area contributed by atoms with Gasteiger partial charge in [0.15, 0.2) is 0 Å². The molecular formula is C12H18F2N2OS. The van der Waals surface area contributed by atoms with Gasteiger partial charge < -0.3 is 14.6 Å². The molecule has 0 aliphatic carbocycles. The first-order valence-corrected chi connectivity index (χ1v) is 7.07. The third-order valence-corrected chi connectivity index (χ3v) is 3.73. The quantitative estimate of drug-likeness (QED) is 0.864. The Hall–Kier alpha value is -0.590. The number of likely N-dealkylation sites (N-methyl/N-ethyl adjacent to an activating group) is 1.